The van der Waals surface area contributed by atoms with Crippen molar-refractivity contribution in [3.8, 4) is 16.9 Å². The maximum absolute atomic E-state index is 9.94. The van der Waals surface area contributed by atoms with E-state index in [2.05, 4.69) is 38.1 Å². The fourth-order valence-electron chi connectivity index (χ4n) is 2.86. The Balaban J connectivity index is 2.07. The minimum atomic E-state index is 0.397. The molecule has 1 aliphatic rings. The van der Waals surface area contributed by atoms with Crippen LogP contribution in [-0.2, 0) is 11.2 Å². The van der Waals surface area contributed by atoms with Crippen LogP contribution in [0.2, 0.25) is 0 Å². The number of hydrogen-bond acceptors (Lipinski definition) is 2. The molecule has 0 aromatic heterocycles. The van der Waals surface area contributed by atoms with Gasteiger partial charge in [-0.05, 0) is 78.8 Å². The minimum absolute atomic E-state index is 0.397. The van der Waals surface area contributed by atoms with Crippen LogP contribution in [-0.4, -0.2) is 17.8 Å². The zero-order valence-electron chi connectivity index (χ0n) is 13.2. The Labute approximate surface area is 126 Å². The quantitative estimate of drug-likeness (QED) is 0.854. The third-order valence-corrected chi connectivity index (χ3v) is 4.45. The largest absolute Gasteiger partial charge is 0.507 e. The summed E-state index contributed by atoms with van der Waals surface area (Å²) in [5, 5.41) is 9.94. The van der Waals surface area contributed by atoms with Gasteiger partial charge in [-0.25, -0.2) is 0 Å². The van der Waals surface area contributed by atoms with Gasteiger partial charge in [-0.2, -0.15) is 0 Å². The van der Waals surface area contributed by atoms with Gasteiger partial charge >= 0.3 is 0 Å². The van der Waals surface area contributed by atoms with Crippen molar-refractivity contribution in [3.63, 3.8) is 0 Å². The zero-order chi connectivity index (χ0) is 15.1. The van der Waals surface area contributed by atoms with E-state index in [0.29, 0.717) is 11.9 Å². The second kappa shape index (κ2) is 5.19. The Hall–Kier alpha value is -1.80. The molecule has 0 bridgehead atoms. The van der Waals surface area contributed by atoms with Crippen LogP contribution in [0.4, 0.5) is 0 Å². The molecule has 0 saturated carbocycles. The molecule has 2 aromatic rings. The Morgan fingerprint density at radius 2 is 1.48 bits per heavy atom. The Kier molecular flexibility index (Phi) is 3.50. The van der Waals surface area contributed by atoms with Crippen molar-refractivity contribution in [2.45, 2.75) is 40.2 Å². The van der Waals surface area contributed by atoms with E-state index in [1.807, 2.05) is 13.8 Å². The van der Waals surface area contributed by atoms with Gasteiger partial charge in [0.25, 0.3) is 0 Å². The second-order valence-corrected chi connectivity index (χ2v) is 6.20. The molecule has 1 heterocycles. The lowest BCUT2D eigenvalue weighted by atomic mass is 9.92. The number of phenols is 1. The molecule has 21 heavy (non-hydrogen) atoms. The average molecular weight is 282 g/mol. The number of ether oxygens (including phenoxy) is 1. The third-order valence-electron chi connectivity index (χ3n) is 4.45. The van der Waals surface area contributed by atoms with E-state index in [1.54, 1.807) is 0 Å². The molecule has 0 radical (unpaired) electrons. The smallest absolute Gasteiger partial charge is 0.121 e. The molecular weight excluding hydrogens is 260 g/mol. The number of aromatic hydroxyl groups is 1. The first-order valence-electron chi connectivity index (χ1n) is 7.48. The molecule has 110 valence electrons. The second-order valence-electron chi connectivity index (χ2n) is 6.20. The molecule has 0 amide bonds. The summed E-state index contributed by atoms with van der Waals surface area (Å²) in [5.74, 6) is 0.397. The summed E-state index contributed by atoms with van der Waals surface area (Å²) in [6.45, 7) is 9.14. The first-order valence-corrected chi connectivity index (χ1v) is 7.48. The van der Waals surface area contributed by atoms with E-state index in [4.69, 9.17) is 4.74 Å². The number of epoxide rings is 1. The Morgan fingerprint density at radius 1 is 0.952 bits per heavy atom. The maximum Gasteiger partial charge on any atom is 0.121 e. The number of phenolic OH excluding ortho intramolecular Hbond substituents is 1. The van der Waals surface area contributed by atoms with E-state index in [9.17, 15) is 5.11 Å². The van der Waals surface area contributed by atoms with Gasteiger partial charge in [-0.3, -0.25) is 0 Å². The molecule has 1 unspecified atom stereocenters. The third kappa shape index (κ3) is 2.81. The van der Waals surface area contributed by atoms with Gasteiger partial charge in [-0.1, -0.05) is 12.1 Å². The van der Waals surface area contributed by atoms with Gasteiger partial charge in [0.2, 0.25) is 0 Å². The van der Waals surface area contributed by atoms with Crippen LogP contribution in [0.25, 0.3) is 11.1 Å². The molecule has 2 nitrogen and oxygen atoms in total. The van der Waals surface area contributed by atoms with Crippen LogP contribution in [0.1, 0.15) is 27.8 Å². The molecule has 2 heteroatoms. The average Bonchev–Trinajstić information content (AvgIpc) is 3.24. The van der Waals surface area contributed by atoms with Crippen molar-refractivity contribution in [2.75, 3.05) is 6.61 Å². The monoisotopic (exact) mass is 282 g/mol. The summed E-state index contributed by atoms with van der Waals surface area (Å²) in [5.41, 5.74) is 8.29. The summed E-state index contributed by atoms with van der Waals surface area (Å²) < 4.78 is 5.37. The van der Waals surface area contributed by atoms with Crippen LogP contribution in [0.3, 0.4) is 0 Å². The van der Waals surface area contributed by atoms with E-state index < -0.39 is 0 Å². The van der Waals surface area contributed by atoms with Gasteiger partial charge in [0.15, 0.2) is 0 Å². The van der Waals surface area contributed by atoms with Crippen LogP contribution in [0.5, 0.6) is 5.75 Å². The highest BCUT2D eigenvalue weighted by molar-refractivity contribution is 5.69. The van der Waals surface area contributed by atoms with Crippen molar-refractivity contribution in [1.82, 2.24) is 0 Å². The fourth-order valence-corrected chi connectivity index (χ4v) is 2.86. The summed E-state index contributed by atoms with van der Waals surface area (Å²) >= 11 is 0. The van der Waals surface area contributed by atoms with Crippen molar-refractivity contribution < 1.29 is 9.84 Å². The van der Waals surface area contributed by atoms with E-state index >= 15 is 0 Å². The van der Waals surface area contributed by atoms with Crippen LogP contribution < -0.4 is 0 Å². The number of aryl methyl sites for hydroxylation is 3. The van der Waals surface area contributed by atoms with Gasteiger partial charge in [0.1, 0.15) is 5.75 Å². The summed E-state index contributed by atoms with van der Waals surface area (Å²) in [4.78, 5) is 0. The van der Waals surface area contributed by atoms with Gasteiger partial charge in [0, 0.05) is 6.42 Å². The van der Waals surface area contributed by atoms with E-state index in [1.165, 1.54) is 27.8 Å². The van der Waals surface area contributed by atoms with Gasteiger partial charge < -0.3 is 9.84 Å². The van der Waals surface area contributed by atoms with Crippen molar-refractivity contribution in [1.29, 1.82) is 0 Å². The van der Waals surface area contributed by atoms with E-state index in [-0.39, 0.29) is 0 Å². The first kappa shape index (κ1) is 14.2. The summed E-state index contributed by atoms with van der Waals surface area (Å²) in [6.07, 6.45) is 1.40. The molecule has 2 aromatic carbocycles. The highest BCUT2D eigenvalue weighted by Gasteiger charge is 2.24. The standard InChI is InChI=1S/C19H22O2/c1-11-5-17(8-15(14(11)4)9-18-10-21-18)16-6-12(2)19(20)13(3)7-16/h5-8,18,20H,9-10H2,1-4H3. The highest BCUT2D eigenvalue weighted by atomic mass is 16.6. The van der Waals surface area contributed by atoms with Gasteiger partial charge in [0.05, 0.1) is 12.7 Å². The lowest BCUT2D eigenvalue weighted by Gasteiger charge is -2.13. The summed E-state index contributed by atoms with van der Waals surface area (Å²) in [6, 6.07) is 8.63. The molecule has 1 fully saturated rings. The Morgan fingerprint density at radius 3 is 2.05 bits per heavy atom. The molecule has 1 saturated heterocycles. The lowest BCUT2D eigenvalue weighted by molar-refractivity contribution is 0.407. The first-order chi connectivity index (χ1) is 9.95. The number of hydrogen-bond donors (Lipinski definition) is 1. The molecule has 0 spiro atoms. The normalized spacial score (nSPS) is 17.0. The van der Waals surface area contributed by atoms with Crippen LogP contribution in [0, 0.1) is 27.7 Å². The SMILES string of the molecule is Cc1cc(-c2cc(C)c(O)c(C)c2)cc(CC2CO2)c1C. The van der Waals surface area contributed by atoms with Crippen LogP contribution in [0.15, 0.2) is 24.3 Å². The fraction of sp³-hybridized carbons (Fsp3) is 0.368. The number of rotatable bonds is 3. The lowest BCUT2D eigenvalue weighted by Crippen LogP contribution is -1.99. The van der Waals surface area contributed by atoms with Gasteiger partial charge in [-0.15, -0.1) is 0 Å². The molecule has 1 atom stereocenters. The van der Waals surface area contributed by atoms with Crippen molar-refractivity contribution in [2.24, 2.45) is 0 Å². The molecule has 3 rings (SSSR count). The molecule has 1 aliphatic heterocycles. The summed E-state index contributed by atoms with van der Waals surface area (Å²) in [7, 11) is 0. The van der Waals surface area contributed by atoms with Crippen LogP contribution >= 0.6 is 0 Å². The highest BCUT2D eigenvalue weighted by Crippen LogP contribution is 2.32. The van der Waals surface area contributed by atoms with Crippen molar-refractivity contribution in [3.05, 3.63) is 52.1 Å². The number of benzene rings is 2. The minimum Gasteiger partial charge on any atom is -0.507 e. The topological polar surface area (TPSA) is 32.8 Å². The predicted octanol–water partition coefficient (Wildman–Crippen LogP) is 4.23. The molecule has 1 N–H and O–H groups in total. The van der Waals surface area contributed by atoms with E-state index in [0.717, 1.165) is 24.2 Å². The molecule has 0 aliphatic carbocycles. The Bertz CT molecular complexity index is 674. The zero-order valence-corrected chi connectivity index (χ0v) is 13.2. The molecular formula is C19H22O2. The van der Waals surface area contributed by atoms with Crippen molar-refractivity contribution >= 4 is 0 Å². The maximum atomic E-state index is 9.94. The predicted molar refractivity (Wildman–Crippen MR) is 85.9 cm³/mol.